The van der Waals surface area contributed by atoms with E-state index in [4.69, 9.17) is 5.73 Å². The number of nitro groups is 1. The molecule has 3 heterocycles. The van der Waals surface area contributed by atoms with Crippen LogP contribution in [0.25, 0.3) is 5.52 Å². The first-order valence-electron chi connectivity index (χ1n) is 7.37. The lowest BCUT2D eigenvalue weighted by molar-refractivity contribution is -0.382. The first kappa shape index (κ1) is 14.7. The van der Waals surface area contributed by atoms with Gasteiger partial charge in [0.25, 0.3) is 0 Å². The van der Waals surface area contributed by atoms with Gasteiger partial charge in [0.05, 0.1) is 4.92 Å². The molecule has 0 unspecified atom stereocenters. The van der Waals surface area contributed by atoms with Gasteiger partial charge in [0.15, 0.2) is 0 Å². The molecule has 0 bridgehead atoms. The highest BCUT2D eigenvalue weighted by Crippen LogP contribution is 2.29. The van der Waals surface area contributed by atoms with Gasteiger partial charge >= 0.3 is 5.69 Å². The standard InChI is InChI=1S/C14H20N6O2/c1-17-7-9-18(10-8-17)6-4-11-3-2-5-19-12(11)13(20(21)22)14(15)16-19/h2-3,5H,4,6-10H2,1H3,(H2,15,16). The zero-order valence-electron chi connectivity index (χ0n) is 12.6. The number of nitrogens with zero attached hydrogens (tertiary/aromatic N) is 5. The van der Waals surface area contributed by atoms with Crippen molar-refractivity contribution in [3.8, 4) is 0 Å². The second-order valence-electron chi connectivity index (χ2n) is 5.71. The molecule has 0 atom stereocenters. The molecular formula is C14H20N6O2. The first-order valence-corrected chi connectivity index (χ1v) is 7.37. The van der Waals surface area contributed by atoms with Gasteiger partial charge in [-0.1, -0.05) is 6.07 Å². The minimum absolute atomic E-state index is 0.0305. The van der Waals surface area contributed by atoms with Crippen molar-refractivity contribution in [1.82, 2.24) is 19.4 Å². The van der Waals surface area contributed by atoms with Gasteiger partial charge in [-0.15, -0.1) is 5.10 Å². The first-order chi connectivity index (χ1) is 10.6. The van der Waals surface area contributed by atoms with E-state index in [1.807, 2.05) is 12.1 Å². The zero-order valence-corrected chi connectivity index (χ0v) is 12.6. The molecule has 8 nitrogen and oxygen atoms in total. The summed E-state index contributed by atoms with van der Waals surface area (Å²) < 4.78 is 1.51. The SMILES string of the molecule is CN1CCN(CCc2cccn3nc(N)c([N+](=O)[O-])c23)CC1. The third-order valence-electron chi connectivity index (χ3n) is 4.22. The summed E-state index contributed by atoms with van der Waals surface area (Å²) in [6.07, 6.45) is 2.44. The van der Waals surface area contributed by atoms with Crippen LogP contribution in [-0.2, 0) is 6.42 Å². The minimum Gasteiger partial charge on any atom is -0.376 e. The average Bonchev–Trinajstić information content (AvgIpc) is 2.83. The summed E-state index contributed by atoms with van der Waals surface area (Å²) in [4.78, 5) is 15.5. The Hall–Kier alpha value is -2.19. The summed E-state index contributed by atoms with van der Waals surface area (Å²) in [6.45, 7) is 5.07. The lowest BCUT2D eigenvalue weighted by Crippen LogP contribution is -2.45. The quantitative estimate of drug-likeness (QED) is 0.657. The van der Waals surface area contributed by atoms with Crippen LogP contribution in [0.1, 0.15) is 5.56 Å². The highest BCUT2D eigenvalue weighted by Gasteiger charge is 2.24. The Morgan fingerprint density at radius 3 is 2.77 bits per heavy atom. The van der Waals surface area contributed by atoms with Crippen molar-refractivity contribution in [3.63, 3.8) is 0 Å². The number of nitrogen functional groups attached to an aromatic ring is 1. The monoisotopic (exact) mass is 304 g/mol. The number of hydrogen-bond donors (Lipinski definition) is 1. The van der Waals surface area contributed by atoms with Gasteiger partial charge in [-0.25, -0.2) is 4.52 Å². The molecule has 0 radical (unpaired) electrons. The largest absolute Gasteiger partial charge is 0.376 e. The van der Waals surface area contributed by atoms with E-state index in [2.05, 4.69) is 21.9 Å². The van der Waals surface area contributed by atoms with Crippen LogP contribution >= 0.6 is 0 Å². The van der Waals surface area contributed by atoms with Crippen LogP contribution < -0.4 is 5.73 Å². The molecule has 2 N–H and O–H groups in total. The molecule has 2 aromatic rings. The fourth-order valence-corrected chi connectivity index (χ4v) is 2.90. The number of hydrogen-bond acceptors (Lipinski definition) is 6. The Balaban J connectivity index is 1.83. The van der Waals surface area contributed by atoms with Crippen LogP contribution in [0.4, 0.5) is 11.5 Å². The Kier molecular flexibility index (Phi) is 3.95. The molecule has 3 rings (SSSR count). The van der Waals surface area contributed by atoms with Crippen molar-refractivity contribution in [2.24, 2.45) is 0 Å². The third-order valence-corrected chi connectivity index (χ3v) is 4.22. The maximum atomic E-state index is 11.2. The lowest BCUT2D eigenvalue weighted by atomic mass is 10.1. The summed E-state index contributed by atoms with van der Waals surface area (Å²) in [5, 5.41) is 15.3. The molecule has 8 heteroatoms. The predicted molar refractivity (Wildman–Crippen MR) is 83.9 cm³/mol. The van der Waals surface area contributed by atoms with E-state index >= 15 is 0 Å². The molecule has 1 aliphatic rings. The number of likely N-dealkylation sites (N-methyl/N-ethyl adjacent to an activating group) is 1. The van der Waals surface area contributed by atoms with E-state index in [1.54, 1.807) is 6.20 Å². The van der Waals surface area contributed by atoms with Crippen molar-refractivity contribution >= 4 is 17.0 Å². The van der Waals surface area contributed by atoms with Crippen molar-refractivity contribution in [1.29, 1.82) is 0 Å². The van der Waals surface area contributed by atoms with E-state index in [1.165, 1.54) is 4.52 Å². The normalized spacial score (nSPS) is 17.1. The number of piperazine rings is 1. The third kappa shape index (κ3) is 2.75. The maximum Gasteiger partial charge on any atom is 0.338 e. The van der Waals surface area contributed by atoms with Crippen molar-refractivity contribution in [3.05, 3.63) is 34.0 Å². The van der Waals surface area contributed by atoms with E-state index in [9.17, 15) is 10.1 Å². The number of rotatable bonds is 4. The second kappa shape index (κ2) is 5.90. The van der Waals surface area contributed by atoms with Gasteiger partial charge in [0.2, 0.25) is 5.82 Å². The van der Waals surface area contributed by atoms with Crippen LogP contribution in [0.15, 0.2) is 18.3 Å². The Labute approximate surface area is 128 Å². The Bertz CT molecular complexity index is 690. The van der Waals surface area contributed by atoms with Crippen LogP contribution in [0.3, 0.4) is 0 Å². The average molecular weight is 304 g/mol. The van der Waals surface area contributed by atoms with Crippen molar-refractivity contribution in [2.75, 3.05) is 45.5 Å². The minimum atomic E-state index is -0.447. The smallest absolute Gasteiger partial charge is 0.338 e. The van der Waals surface area contributed by atoms with Gasteiger partial charge in [-0.3, -0.25) is 10.1 Å². The van der Waals surface area contributed by atoms with Crippen molar-refractivity contribution < 1.29 is 4.92 Å². The van der Waals surface area contributed by atoms with Crippen LogP contribution in [0, 0.1) is 10.1 Å². The topological polar surface area (TPSA) is 92.9 Å². The number of anilines is 1. The molecular weight excluding hydrogens is 284 g/mol. The second-order valence-corrected chi connectivity index (χ2v) is 5.71. The van der Waals surface area contributed by atoms with E-state index in [0.29, 0.717) is 5.52 Å². The van der Waals surface area contributed by atoms with E-state index in [0.717, 1.165) is 44.7 Å². The highest BCUT2D eigenvalue weighted by molar-refractivity contribution is 5.78. The highest BCUT2D eigenvalue weighted by atomic mass is 16.6. The van der Waals surface area contributed by atoms with Crippen LogP contribution in [0.2, 0.25) is 0 Å². The van der Waals surface area contributed by atoms with Crippen LogP contribution in [0.5, 0.6) is 0 Å². The van der Waals surface area contributed by atoms with Gasteiger partial charge in [0, 0.05) is 38.9 Å². The van der Waals surface area contributed by atoms with Crippen LogP contribution in [-0.4, -0.2) is 64.1 Å². The van der Waals surface area contributed by atoms with E-state index in [-0.39, 0.29) is 11.5 Å². The molecule has 1 fully saturated rings. The summed E-state index contributed by atoms with van der Waals surface area (Å²) in [6, 6.07) is 3.77. The molecule has 0 aromatic carbocycles. The molecule has 22 heavy (non-hydrogen) atoms. The van der Waals surface area contributed by atoms with Gasteiger partial charge in [0.1, 0.15) is 5.52 Å². The lowest BCUT2D eigenvalue weighted by Gasteiger charge is -2.32. The summed E-state index contributed by atoms with van der Waals surface area (Å²) in [5.74, 6) is -0.0305. The molecule has 0 aliphatic carbocycles. The Morgan fingerprint density at radius 1 is 1.36 bits per heavy atom. The molecule has 1 saturated heterocycles. The van der Waals surface area contributed by atoms with Gasteiger partial charge in [-0.2, -0.15) is 0 Å². The summed E-state index contributed by atoms with van der Waals surface area (Å²) in [7, 11) is 2.12. The molecule has 0 saturated carbocycles. The number of pyridine rings is 1. The molecule has 1 aliphatic heterocycles. The number of nitrogens with two attached hydrogens (primary N) is 1. The predicted octanol–water partition coefficient (Wildman–Crippen LogP) is 0.615. The fourth-order valence-electron chi connectivity index (χ4n) is 2.90. The van der Waals surface area contributed by atoms with Crippen molar-refractivity contribution in [2.45, 2.75) is 6.42 Å². The number of fused-ring (bicyclic) bond motifs is 1. The van der Waals surface area contributed by atoms with E-state index < -0.39 is 4.92 Å². The summed E-state index contributed by atoms with van der Waals surface area (Å²) in [5.41, 5.74) is 7.03. The molecule has 2 aromatic heterocycles. The van der Waals surface area contributed by atoms with Gasteiger partial charge in [-0.05, 0) is 25.1 Å². The summed E-state index contributed by atoms with van der Waals surface area (Å²) >= 11 is 0. The number of aromatic nitrogens is 2. The Morgan fingerprint density at radius 2 is 2.09 bits per heavy atom. The molecule has 118 valence electrons. The molecule has 0 spiro atoms. The maximum absolute atomic E-state index is 11.2. The fraction of sp³-hybridized carbons (Fsp3) is 0.500. The molecule has 0 amide bonds. The zero-order chi connectivity index (χ0) is 15.7. The van der Waals surface area contributed by atoms with Gasteiger partial charge < -0.3 is 15.5 Å².